The van der Waals surface area contributed by atoms with E-state index in [0.717, 1.165) is 42.5 Å². The fourth-order valence-corrected chi connectivity index (χ4v) is 5.11. The molecule has 0 spiro atoms. The van der Waals surface area contributed by atoms with E-state index in [4.69, 9.17) is 9.26 Å². The molecule has 1 unspecified atom stereocenters. The van der Waals surface area contributed by atoms with Crippen LogP contribution in [-0.2, 0) is 28.7 Å². The zero-order chi connectivity index (χ0) is 32.0. The molecule has 0 fully saturated rings. The molecule has 11 heteroatoms. The summed E-state index contributed by atoms with van der Waals surface area (Å²) in [5, 5.41) is 23.4. The summed E-state index contributed by atoms with van der Waals surface area (Å²) in [5.74, 6) is 0.232. The van der Waals surface area contributed by atoms with Gasteiger partial charge in [0.15, 0.2) is 5.76 Å². The molecule has 0 saturated heterocycles. The molecule has 45 heavy (non-hydrogen) atoms. The third-order valence-corrected chi connectivity index (χ3v) is 7.45. The molecule has 2 aromatic heterocycles. The van der Waals surface area contributed by atoms with Crippen LogP contribution < -0.4 is 0 Å². The Hall–Kier alpha value is -4.77. The fraction of sp³-hybridized carbons (Fsp3) is 0.294. The first kappa shape index (κ1) is 31.6. The molecule has 3 aromatic carbocycles. The lowest BCUT2D eigenvalue weighted by atomic mass is 9.97. The molecule has 2 heterocycles. The van der Waals surface area contributed by atoms with Gasteiger partial charge in [-0.3, -0.25) is 4.79 Å². The summed E-state index contributed by atoms with van der Waals surface area (Å²) in [5.41, 5.74) is 4.74. The maximum Gasteiger partial charge on any atom is 0.416 e. The van der Waals surface area contributed by atoms with E-state index >= 15 is 0 Å². The standard InChI is InChI=1S/C34H33F3N4O4/c1-3-44-30(42)10-5-4-7-23-11-13-25(14-12-23)26-15-17-27(18-16-26)33-31(22(2)39-45-33)32(43)29-21-41(40-38-29)20-24-8-6-9-28(19-24)34(35,36)37/h6,8-9,11-19,21,32,43H,3-5,7,10,20H2,1-2H3. The number of hydrogen-bond acceptors (Lipinski definition) is 7. The molecule has 0 aliphatic carbocycles. The van der Waals surface area contributed by atoms with E-state index < -0.39 is 17.8 Å². The van der Waals surface area contributed by atoms with Crippen molar-refractivity contribution in [3.63, 3.8) is 0 Å². The second-order valence-corrected chi connectivity index (χ2v) is 10.7. The van der Waals surface area contributed by atoms with Gasteiger partial charge in [-0.05, 0) is 67.5 Å². The van der Waals surface area contributed by atoms with Crippen LogP contribution in [0.1, 0.15) is 65.9 Å². The minimum Gasteiger partial charge on any atom is -0.466 e. The van der Waals surface area contributed by atoms with Gasteiger partial charge in [0, 0.05) is 12.0 Å². The smallest absolute Gasteiger partial charge is 0.416 e. The van der Waals surface area contributed by atoms with Crippen molar-refractivity contribution in [2.75, 3.05) is 6.61 Å². The molecule has 0 aliphatic heterocycles. The number of carbonyl (C=O) groups excluding carboxylic acids is 1. The summed E-state index contributed by atoms with van der Waals surface area (Å²) in [7, 11) is 0. The van der Waals surface area contributed by atoms with Crippen LogP contribution in [0.4, 0.5) is 13.2 Å². The summed E-state index contributed by atoms with van der Waals surface area (Å²) >= 11 is 0. The van der Waals surface area contributed by atoms with Gasteiger partial charge in [-0.15, -0.1) is 5.10 Å². The Morgan fingerprint density at radius 1 is 0.978 bits per heavy atom. The number of hydrogen-bond donors (Lipinski definition) is 1. The molecule has 1 atom stereocenters. The molecular weight excluding hydrogens is 585 g/mol. The molecule has 0 saturated carbocycles. The van der Waals surface area contributed by atoms with Crippen LogP contribution in [0.5, 0.6) is 0 Å². The number of halogens is 3. The molecular formula is C34H33F3N4O4. The van der Waals surface area contributed by atoms with Crippen molar-refractivity contribution in [3.05, 3.63) is 113 Å². The van der Waals surface area contributed by atoms with E-state index in [2.05, 4.69) is 39.7 Å². The highest BCUT2D eigenvalue weighted by Gasteiger charge is 2.30. The second-order valence-electron chi connectivity index (χ2n) is 10.7. The average Bonchev–Trinajstić information content (AvgIpc) is 3.66. The number of aliphatic hydroxyl groups is 1. The van der Waals surface area contributed by atoms with Crippen molar-refractivity contribution in [1.82, 2.24) is 20.2 Å². The number of alkyl halides is 3. The van der Waals surface area contributed by atoms with Crippen molar-refractivity contribution in [2.45, 2.75) is 58.4 Å². The van der Waals surface area contributed by atoms with Crippen LogP contribution in [0.25, 0.3) is 22.5 Å². The lowest BCUT2D eigenvalue weighted by molar-refractivity contribution is -0.143. The lowest BCUT2D eigenvalue weighted by Crippen LogP contribution is -2.07. The van der Waals surface area contributed by atoms with Crippen molar-refractivity contribution in [1.29, 1.82) is 0 Å². The van der Waals surface area contributed by atoms with Crippen LogP contribution in [-0.4, -0.2) is 37.8 Å². The number of ether oxygens (including phenoxy) is 1. The Morgan fingerprint density at radius 2 is 1.67 bits per heavy atom. The predicted molar refractivity (Wildman–Crippen MR) is 161 cm³/mol. The van der Waals surface area contributed by atoms with Crippen LogP contribution in [0.15, 0.2) is 83.5 Å². The zero-order valence-corrected chi connectivity index (χ0v) is 24.9. The van der Waals surface area contributed by atoms with Crippen molar-refractivity contribution >= 4 is 5.97 Å². The number of aromatic nitrogens is 4. The van der Waals surface area contributed by atoms with Crippen LogP contribution in [0.2, 0.25) is 0 Å². The molecule has 5 rings (SSSR count). The van der Waals surface area contributed by atoms with E-state index in [1.165, 1.54) is 22.5 Å². The molecule has 0 aliphatic rings. The van der Waals surface area contributed by atoms with Crippen LogP contribution in [0.3, 0.4) is 0 Å². The molecule has 5 aromatic rings. The zero-order valence-electron chi connectivity index (χ0n) is 24.9. The Balaban J connectivity index is 1.25. The number of nitrogens with zero attached hydrogens (tertiary/aromatic N) is 4. The normalized spacial score (nSPS) is 12.3. The second kappa shape index (κ2) is 13.9. The van der Waals surface area contributed by atoms with Gasteiger partial charge in [-0.1, -0.05) is 71.0 Å². The summed E-state index contributed by atoms with van der Waals surface area (Å²) in [6, 6.07) is 21.0. The first-order chi connectivity index (χ1) is 21.6. The third kappa shape index (κ3) is 7.85. The fourth-order valence-electron chi connectivity index (χ4n) is 5.11. The number of benzene rings is 3. The van der Waals surface area contributed by atoms with Crippen LogP contribution in [0, 0.1) is 6.92 Å². The quantitative estimate of drug-likeness (QED) is 0.115. The Bertz CT molecular complexity index is 1730. The summed E-state index contributed by atoms with van der Waals surface area (Å²) < 4.78 is 51.3. The first-order valence-electron chi connectivity index (χ1n) is 14.7. The number of rotatable bonds is 12. The predicted octanol–water partition coefficient (Wildman–Crippen LogP) is 7.33. The minimum atomic E-state index is -4.45. The highest BCUT2D eigenvalue weighted by molar-refractivity contribution is 5.70. The molecule has 234 valence electrons. The van der Waals surface area contributed by atoms with Gasteiger partial charge in [0.2, 0.25) is 0 Å². The van der Waals surface area contributed by atoms with Crippen molar-refractivity contribution in [2.24, 2.45) is 0 Å². The van der Waals surface area contributed by atoms with Gasteiger partial charge in [-0.2, -0.15) is 13.2 Å². The van der Waals surface area contributed by atoms with Gasteiger partial charge < -0.3 is 14.4 Å². The maximum absolute atomic E-state index is 13.1. The van der Waals surface area contributed by atoms with E-state index in [-0.39, 0.29) is 18.2 Å². The Morgan fingerprint density at radius 3 is 2.36 bits per heavy atom. The Kier molecular flexibility index (Phi) is 9.77. The first-order valence-corrected chi connectivity index (χ1v) is 14.7. The summed E-state index contributed by atoms with van der Waals surface area (Å²) in [4.78, 5) is 11.5. The summed E-state index contributed by atoms with van der Waals surface area (Å²) in [6.07, 6.45) is -1.15. The SMILES string of the molecule is CCOC(=O)CCCCc1ccc(-c2ccc(-c3onc(C)c3C(O)c3cn(Cc4cccc(C(F)(F)F)c4)nn3)cc2)cc1. The van der Waals surface area contributed by atoms with E-state index in [1.807, 2.05) is 24.3 Å². The third-order valence-electron chi connectivity index (χ3n) is 7.45. The van der Waals surface area contributed by atoms with Crippen molar-refractivity contribution < 1.29 is 32.3 Å². The van der Waals surface area contributed by atoms with E-state index in [0.29, 0.717) is 41.2 Å². The van der Waals surface area contributed by atoms with Crippen molar-refractivity contribution in [3.8, 4) is 22.5 Å². The molecule has 8 nitrogen and oxygen atoms in total. The number of carbonyl (C=O) groups is 1. The monoisotopic (exact) mass is 618 g/mol. The van der Waals surface area contributed by atoms with Gasteiger partial charge in [0.25, 0.3) is 0 Å². The van der Waals surface area contributed by atoms with Crippen LogP contribution >= 0.6 is 0 Å². The minimum absolute atomic E-state index is 0.0526. The number of esters is 1. The highest BCUT2D eigenvalue weighted by Crippen LogP contribution is 2.35. The van der Waals surface area contributed by atoms with E-state index in [1.54, 1.807) is 19.9 Å². The van der Waals surface area contributed by atoms with Gasteiger partial charge >= 0.3 is 12.1 Å². The maximum atomic E-state index is 13.1. The number of aryl methyl sites for hydroxylation is 2. The lowest BCUT2D eigenvalue weighted by Gasteiger charge is -2.10. The summed E-state index contributed by atoms with van der Waals surface area (Å²) in [6.45, 7) is 3.98. The average molecular weight is 619 g/mol. The molecule has 0 bridgehead atoms. The number of aliphatic hydroxyl groups excluding tert-OH is 1. The van der Waals surface area contributed by atoms with Gasteiger partial charge in [-0.25, -0.2) is 4.68 Å². The molecule has 0 amide bonds. The van der Waals surface area contributed by atoms with E-state index in [9.17, 15) is 23.1 Å². The van der Waals surface area contributed by atoms with Gasteiger partial charge in [0.05, 0.1) is 36.2 Å². The largest absolute Gasteiger partial charge is 0.466 e. The topological polar surface area (TPSA) is 103 Å². The Labute approximate surface area is 258 Å². The molecule has 1 N–H and O–H groups in total. The molecule has 0 radical (unpaired) electrons. The highest BCUT2D eigenvalue weighted by atomic mass is 19.4. The van der Waals surface area contributed by atoms with Gasteiger partial charge in [0.1, 0.15) is 11.8 Å². The number of unbranched alkanes of at least 4 members (excludes halogenated alkanes) is 1.